The molecule has 2 aromatic carbocycles. The number of carbonyl (C=O) groups excluding carboxylic acids is 1. The Morgan fingerprint density at radius 3 is 2.50 bits per heavy atom. The van der Waals surface area contributed by atoms with E-state index in [1.165, 1.54) is 0 Å². The minimum atomic E-state index is -0.428. The van der Waals surface area contributed by atoms with E-state index in [-0.39, 0.29) is 0 Å². The number of anilines is 1. The van der Waals surface area contributed by atoms with E-state index in [4.69, 9.17) is 0 Å². The Bertz CT molecular complexity index is 674. The van der Waals surface area contributed by atoms with Gasteiger partial charge in [-0.1, -0.05) is 54.6 Å². The van der Waals surface area contributed by atoms with Crippen molar-refractivity contribution in [3.05, 3.63) is 71.8 Å². The number of nitrogens with one attached hydrogen (secondary N) is 1. The number of nitrogens with zero attached hydrogens (tertiary/aromatic N) is 1. The summed E-state index contributed by atoms with van der Waals surface area (Å²) in [4.78, 5) is 15.6. The number of carbonyl (C=O) groups is 1. The molecule has 3 rings (SSSR count). The highest BCUT2D eigenvalue weighted by Gasteiger charge is 2.18. The lowest BCUT2D eigenvalue weighted by Crippen LogP contribution is -2.19. The number of aldehydes is 1. The number of hydrogen-bond acceptors (Lipinski definition) is 3. The number of para-hydroxylation sites is 1. The molecule has 0 amide bonds. The van der Waals surface area contributed by atoms with Crippen molar-refractivity contribution in [3.63, 3.8) is 0 Å². The molecular weight excluding hydrogens is 248 g/mol. The maximum absolute atomic E-state index is 11.2. The quantitative estimate of drug-likeness (QED) is 0.861. The van der Waals surface area contributed by atoms with E-state index in [1.54, 1.807) is 0 Å². The van der Waals surface area contributed by atoms with Crippen molar-refractivity contribution in [3.8, 4) is 0 Å². The molecule has 98 valence electrons. The molecule has 1 N–H and O–H groups in total. The van der Waals surface area contributed by atoms with E-state index in [9.17, 15) is 4.79 Å². The molecule has 0 radical (unpaired) electrons. The van der Waals surface area contributed by atoms with Crippen LogP contribution in [0.25, 0.3) is 6.08 Å². The number of amidine groups is 1. The van der Waals surface area contributed by atoms with Crippen LogP contribution in [0.15, 0.2) is 65.7 Å². The smallest absolute Gasteiger partial charge is 0.149 e. The molecule has 2 aromatic rings. The van der Waals surface area contributed by atoms with E-state index >= 15 is 0 Å². The minimum absolute atomic E-state index is 0.428. The number of benzene rings is 2. The van der Waals surface area contributed by atoms with E-state index in [1.807, 2.05) is 66.7 Å². The van der Waals surface area contributed by atoms with Gasteiger partial charge in [0.25, 0.3) is 0 Å². The predicted molar refractivity (Wildman–Crippen MR) is 81.8 cm³/mol. The van der Waals surface area contributed by atoms with Gasteiger partial charge in [0.15, 0.2) is 0 Å². The van der Waals surface area contributed by atoms with Crippen molar-refractivity contribution in [1.29, 1.82) is 0 Å². The molecule has 1 unspecified atom stereocenters. The Balaban J connectivity index is 1.87. The lowest BCUT2D eigenvalue weighted by Gasteiger charge is -2.20. The lowest BCUT2D eigenvalue weighted by atomic mass is 10.0. The second-order valence-electron chi connectivity index (χ2n) is 4.55. The van der Waals surface area contributed by atoms with E-state index < -0.39 is 6.04 Å². The van der Waals surface area contributed by atoms with Crippen molar-refractivity contribution >= 4 is 23.9 Å². The molecule has 1 atom stereocenters. The van der Waals surface area contributed by atoms with Gasteiger partial charge in [-0.2, -0.15) is 0 Å². The van der Waals surface area contributed by atoms with Crippen LogP contribution in [0, 0.1) is 0 Å². The van der Waals surface area contributed by atoms with Crippen LogP contribution in [0.5, 0.6) is 0 Å². The van der Waals surface area contributed by atoms with Crippen molar-refractivity contribution in [2.75, 3.05) is 5.32 Å². The molecule has 0 saturated carbocycles. The molecule has 1 aliphatic heterocycles. The molecule has 0 saturated heterocycles. The van der Waals surface area contributed by atoms with Crippen molar-refractivity contribution < 1.29 is 4.79 Å². The summed E-state index contributed by atoms with van der Waals surface area (Å²) >= 11 is 0. The van der Waals surface area contributed by atoms with E-state index in [2.05, 4.69) is 10.3 Å². The third kappa shape index (κ3) is 2.52. The van der Waals surface area contributed by atoms with Crippen LogP contribution >= 0.6 is 0 Å². The Hall–Kier alpha value is -2.68. The molecule has 3 nitrogen and oxygen atoms in total. The first-order valence-electron chi connectivity index (χ1n) is 6.49. The summed E-state index contributed by atoms with van der Waals surface area (Å²) in [5.41, 5.74) is 2.95. The van der Waals surface area contributed by atoms with Gasteiger partial charge in [-0.15, -0.1) is 0 Å². The number of hydrogen-bond donors (Lipinski definition) is 1. The van der Waals surface area contributed by atoms with Gasteiger partial charge in [-0.3, -0.25) is 4.99 Å². The number of aliphatic imine (C=N–C) groups is 1. The summed E-state index contributed by atoms with van der Waals surface area (Å²) in [5.74, 6) is 0.699. The number of fused-ring (bicyclic) bond motifs is 1. The number of rotatable bonds is 3. The van der Waals surface area contributed by atoms with Crippen molar-refractivity contribution in [2.24, 2.45) is 4.99 Å². The summed E-state index contributed by atoms with van der Waals surface area (Å²) in [5, 5.41) is 3.24. The van der Waals surface area contributed by atoms with Gasteiger partial charge in [0.1, 0.15) is 18.2 Å². The Labute approximate surface area is 117 Å². The van der Waals surface area contributed by atoms with Gasteiger partial charge < -0.3 is 10.1 Å². The molecule has 0 fully saturated rings. The second kappa shape index (κ2) is 5.53. The van der Waals surface area contributed by atoms with Crippen LogP contribution < -0.4 is 5.32 Å². The zero-order chi connectivity index (χ0) is 13.8. The highest BCUT2D eigenvalue weighted by molar-refractivity contribution is 6.08. The first-order chi connectivity index (χ1) is 9.86. The first-order valence-corrected chi connectivity index (χ1v) is 6.49. The molecule has 0 bridgehead atoms. The van der Waals surface area contributed by atoms with Gasteiger partial charge in [0.2, 0.25) is 0 Å². The SMILES string of the molecule is O=CC1N=C(/C=C/c2ccccc2)Nc2ccccc21. The van der Waals surface area contributed by atoms with E-state index in [0.29, 0.717) is 5.84 Å². The molecule has 0 aliphatic carbocycles. The van der Waals surface area contributed by atoms with Gasteiger partial charge in [-0.25, -0.2) is 0 Å². The van der Waals surface area contributed by atoms with Crippen molar-refractivity contribution in [2.45, 2.75) is 6.04 Å². The summed E-state index contributed by atoms with van der Waals surface area (Å²) in [6.07, 6.45) is 4.74. The normalized spacial score (nSPS) is 17.2. The minimum Gasteiger partial charge on any atom is -0.340 e. The zero-order valence-corrected chi connectivity index (χ0v) is 10.9. The van der Waals surface area contributed by atoms with Crippen molar-refractivity contribution in [1.82, 2.24) is 0 Å². The standard InChI is InChI=1S/C17H14N2O/c20-12-16-14-8-4-5-9-15(14)18-17(19-16)11-10-13-6-2-1-3-7-13/h1-12,16H,(H,18,19)/b11-10+. The zero-order valence-electron chi connectivity index (χ0n) is 10.9. The third-order valence-corrected chi connectivity index (χ3v) is 3.18. The highest BCUT2D eigenvalue weighted by atomic mass is 16.1. The van der Waals surface area contributed by atoms with Gasteiger partial charge in [0, 0.05) is 11.3 Å². The van der Waals surface area contributed by atoms with Crippen LogP contribution in [-0.4, -0.2) is 12.1 Å². The summed E-state index contributed by atoms with van der Waals surface area (Å²) in [6.45, 7) is 0. The molecule has 20 heavy (non-hydrogen) atoms. The Kier molecular flexibility index (Phi) is 3.42. The van der Waals surface area contributed by atoms with Crippen LogP contribution in [0.2, 0.25) is 0 Å². The average Bonchev–Trinajstić information content (AvgIpc) is 2.53. The summed E-state index contributed by atoms with van der Waals surface area (Å²) in [7, 11) is 0. The molecule has 3 heteroatoms. The summed E-state index contributed by atoms with van der Waals surface area (Å²) < 4.78 is 0. The molecular formula is C17H14N2O. The van der Waals surface area contributed by atoms with Gasteiger partial charge in [0.05, 0.1) is 0 Å². The fraction of sp³-hybridized carbons (Fsp3) is 0.0588. The fourth-order valence-corrected chi connectivity index (χ4v) is 2.19. The molecule has 1 aliphatic rings. The highest BCUT2D eigenvalue weighted by Crippen LogP contribution is 2.28. The fourth-order valence-electron chi connectivity index (χ4n) is 2.19. The summed E-state index contributed by atoms with van der Waals surface area (Å²) in [6, 6.07) is 17.3. The van der Waals surface area contributed by atoms with Crippen LogP contribution in [0.1, 0.15) is 17.2 Å². The third-order valence-electron chi connectivity index (χ3n) is 3.18. The van der Waals surface area contributed by atoms with Crippen LogP contribution in [0.4, 0.5) is 5.69 Å². The average molecular weight is 262 g/mol. The maximum atomic E-state index is 11.2. The molecule has 0 spiro atoms. The Morgan fingerprint density at radius 2 is 1.70 bits per heavy atom. The lowest BCUT2D eigenvalue weighted by molar-refractivity contribution is -0.108. The topological polar surface area (TPSA) is 41.5 Å². The largest absolute Gasteiger partial charge is 0.340 e. The van der Waals surface area contributed by atoms with Gasteiger partial charge in [-0.05, 0) is 17.7 Å². The monoisotopic (exact) mass is 262 g/mol. The van der Waals surface area contributed by atoms with Crippen LogP contribution in [0.3, 0.4) is 0 Å². The predicted octanol–water partition coefficient (Wildman–Crippen LogP) is 3.46. The molecule has 1 heterocycles. The Morgan fingerprint density at radius 1 is 0.950 bits per heavy atom. The van der Waals surface area contributed by atoms with E-state index in [0.717, 1.165) is 23.1 Å². The van der Waals surface area contributed by atoms with Crippen LogP contribution in [-0.2, 0) is 4.79 Å². The maximum Gasteiger partial charge on any atom is 0.149 e. The molecule has 0 aromatic heterocycles. The first kappa shape index (κ1) is 12.4. The van der Waals surface area contributed by atoms with Gasteiger partial charge >= 0.3 is 0 Å². The second-order valence-corrected chi connectivity index (χ2v) is 4.55.